The molecule has 0 aliphatic heterocycles. The lowest BCUT2D eigenvalue weighted by atomic mass is 10.1. The van der Waals surface area contributed by atoms with E-state index in [0.717, 1.165) is 29.0 Å². The molecule has 5 nitrogen and oxygen atoms in total. The number of halogens is 3. The molecule has 2 aromatic rings. The highest BCUT2D eigenvalue weighted by molar-refractivity contribution is 7.99. The molecule has 0 saturated heterocycles. The number of carbonyl (C=O) groups is 2. The summed E-state index contributed by atoms with van der Waals surface area (Å²) in [6.45, 7) is 3.75. The van der Waals surface area contributed by atoms with Crippen LogP contribution in [0.5, 0.6) is 0 Å². The Bertz CT molecular complexity index is 808. The first-order valence-corrected chi connectivity index (χ1v) is 8.48. The van der Waals surface area contributed by atoms with Crippen LogP contribution in [0.15, 0.2) is 41.6 Å². The van der Waals surface area contributed by atoms with Gasteiger partial charge >= 0.3 is 12.2 Å². The van der Waals surface area contributed by atoms with Gasteiger partial charge in [0.1, 0.15) is 0 Å². The maximum atomic E-state index is 12.5. The van der Waals surface area contributed by atoms with Crippen molar-refractivity contribution in [1.82, 2.24) is 10.3 Å². The summed E-state index contributed by atoms with van der Waals surface area (Å²) in [7, 11) is 0. The fourth-order valence-electron chi connectivity index (χ4n) is 2.04. The van der Waals surface area contributed by atoms with Crippen molar-refractivity contribution < 1.29 is 22.8 Å². The molecule has 2 rings (SSSR count). The number of anilines is 1. The lowest BCUT2D eigenvalue weighted by Gasteiger charge is -2.10. The maximum absolute atomic E-state index is 12.5. The fraction of sp³-hybridized carbons (Fsp3) is 0.235. The molecule has 26 heavy (non-hydrogen) atoms. The van der Waals surface area contributed by atoms with E-state index in [-0.39, 0.29) is 10.8 Å². The first kappa shape index (κ1) is 19.8. The Kier molecular flexibility index (Phi) is 6.25. The first-order valence-electron chi connectivity index (χ1n) is 7.49. The predicted octanol–water partition coefficient (Wildman–Crippen LogP) is 4.16. The number of pyridine rings is 1. The van der Waals surface area contributed by atoms with Gasteiger partial charge in [-0.05, 0) is 37.6 Å². The second-order valence-corrected chi connectivity index (χ2v) is 6.49. The molecule has 9 heteroatoms. The van der Waals surface area contributed by atoms with Gasteiger partial charge in [0.2, 0.25) is 5.91 Å². The zero-order valence-corrected chi connectivity index (χ0v) is 14.8. The zero-order valence-electron chi connectivity index (χ0n) is 14.0. The van der Waals surface area contributed by atoms with Crippen LogP contribution < -0.4 is 10.6 Å². The van der Waals surface area contributed by atoms with Gasteiger partial charge in [-0.1, -0.05) is 29.5 Å². The summed E-state index contributed by atoms with van der Waals surface area (Å²) >= 11 is 0.931. The molecule has 0 spiro atoms. The highest BCUT2D eigenvalue weighted by Gasteiger charge is 2.30. The van der Waals surface area contributed by atoms with Gasteiger partial charge in [0.05, 0.1) is 16.3 Å². The van der Waals surface area contributed by atoms with E-state index < -0.39 is 23.7 Å². The van der Waals surface area contributed by atoms with Crippen LogP contribution in [0.2, 0.25) is 0 Å². The lowest BCUT2D eigenvalue weighted by Crippen LogP contribution is -2.35. The molecule has 1 aromatic heterocycles. The Morgan fingerprint density at radius 3 is 2.46 bits per heavy atom. The van der Waals surface area contributed by atoms with Crippen molar-refractivity contribution in [3.63, 3.8) is 0 Å². The number of nitrogens with zero attached hydrogens (tertiary/aromatic N) is 1. The molecule has 0 atom stereocenters. The van der Waals surface area contributed by atoms with Crippen molar-refractivity contribution in [3.8, 4) is 0 Å². The van der Waals surface area contributed by atoms with Crippen molar-refractivity contribution >= 4 is 29.4 Å². The number of benzene rings is 1. The summed E-state index contributed by atoms with van der Waals surface area (Å²) in [5.74, 6) is -0.738. The molecule has 1 aromatic carbocycles. The van der Waals surface area contributed by atoms with Crippen LogP contribution in [0.25, 0.3) is 0 Å². The molecule has 2 N–H and O–H groups in total. The highest BCUT2D eigenvalue weighted by atomic mass is 32.2. The van der Waals surface area contributed by atoms with Gasteiger partial charge < -0.3 is 5.32 Å². The molecular weight excluding hydrogens is 367 g/mol. The van der Waals surface area contributed by atoms with Crippen LogP contribution in [0, 0.1) is 13.8 Å². The molecule has 0 bridgehead atoms. The number of urea groups is 1. The normalized spacial score (nSPS) is 11.1. The van der Waals surface area contributed by atoms with E-state index in [4.69, 9.17) is 0 Å². The Balaban J connectivity index is 1.83. The summed E-state index contributed by atoms with van der Waals surface area (Å²) in [6, 6.07) is 6.84. The summed E-state index contributed by atoms with van der Waals surface area (Å²) in [6.07, 6.45) is -3.76. The number of amides is 3. The number of aromatic nitrogens is 1. The van der Waals surface area contributed by atoms with E-state index in [2.05, 4.69) is 15.6 Å². The molecule has 0 aliphatic carbocycles. The van der Waals surface area contributed by atoms with E-state index in [1.807, 2.05) is 26.0 Å². The average Bonchev–Trinajstić information content (AvgIpc) is 2.55. The Hall–Kier alpha value is -2.55. The summed E-state index contributed by atoms with van der Waals surface area (Å²) in [5, 5.41) is 4.98. The second kappa shape index (κ2) is 8.22. The second-order valence-electron chi connectivity index (χ2n) is 5.49. The Labute approximate surface area is 152 Å². The molecular formula is C17H16F3N3O2S. The van der Waals surface area contributed by atoms with Crippen molar-refractivity contribution in [1.29, 1.82) is 0 Å². The number of aryl methyl sites for hydroxylation is 2. The number of hydrogen-bond donors (Lipinski definition) is 2. The van der Waals surface area contributed by atoms with Crippen LogP contribution in [0.1, 0.15) is 16.7 Å². The van der Waals surface area contributed by atoms with E-state index in [0.29, 0.717) is 11.9 Å². The minimum atomic E-state index is -4.46. The van der Waals surface area contributed by atoms with Gasteiger partial charge in [-0.3, -0.25) is 10.1 Å². The topological polar surface area (TPSA) is 71.1 Å². The third-order valence-electron chi connectivity index (χ3n) is 3.30. The Morgan fingerprint density at radius 2 is 1.88 bits per heavy atom. The largest absolute Gasteiger partial charge is 0.417 e. The number of carbonyl (C=O) groups excluding carboxylic acids is 2. The van der Waals surface area contributed by atoms with Gasteiger partial charge in [-0.2, -0.15) is 13.2 Å². The summed E-state index contributed by atoms with van der Waals surface area (Å²) in [5.41, 5.74) is 1.62. The number of rotatable bonds is 4. The molecule has 0 aliphatic rings. The van der Waals surface area contributed by atoms with Gasteiger partial charge in [0, 0.05) is 11.9 Å². The average molecular weight is 383 g/mol. The molecule has 0 unspecified atom stereocenters. The van der Waals surface area contributed by atoms with E-state index in [1.54, 1.807) is 6.07 Å². The summed E-state index contributed by atoms with van der Waals surface area (Å²) in [4.78, 5) is 27.3. The Morgan fingerprint density at radius 1 is 1.15 bits per heavy atom. The molecule has 0 radical (unpaired) electrons. The predicted molar refractivity (Wildman–Crippen MR) is 93.0 cm³/mol. The quantitative estimate of drug-likeness (QED) is 0.778. The van der Waals surface area contributed by atoms with Crippen molar-refractivity contribution in [3.05, 3.63) is 53.2 Å². The highest BCUT2D eigenvalue weighted by Crippen LogP contribution is 2.29. The van der Waals surface area contributed by atoms with Gasteiger partial charge in [-0.25, -0.2) is 9.78 Å². The fourth-order valence-corrected chi connectivity index (χ4v) is 2.69. The first-order chi connectivity index (χ1) is 12.1. The van der Waals surface area contributed by atoms with Crippen molar-refractivity contribution in [2.24, 2.45) is 0 Å². The maximum Gasteiger partial charge on any atom is 0.417 e. The monoisotopic (exact) mass is 383 g/mol. The minimum absolute atomic E-state index is 0.154. The van der Waals surface area contributed by atoms with Crippen LogP contribution in [-0.2, 0) is 11.0 Å². The zero-order chi connectivity index (χ0) is 19.3. The number of nitrogens with one attached hydrogen (secondary N) is 2. The van der Waals surface area contributed by atoms with Crippen molar-refractivity contribution in [2.45, 2.75) is 25.0 Å². The van der Waals surface area contributed by atoms with Gasteiger partial charge in [0.25, 0.3) is 0 Å². The van der Waals surface area contributed by atoms with E-state index in [9.17, 15) is 22.8 Å². The van der Waals surface area contributed by atoms with Crippen LogP contribution in [-0.4, -0.2) is 22.7 Å². The molecule has 138 valence electrons. The van der Waals surface area contributed by atoms with E-state index >= 15 is 0 Å². The number of thioether (sulfide) groups is 1. The number of hydrogen-bond acceptors (Lipinski definition) is 4. The number of imide groups is 1. The van der Waals surface area contributed by atoms with Crippen LogP contribution >= 0.6 is 11.8 Å². The lowest BCUT2D eigenvalue weighted by molar-refractivity contribution is -0.137. The molecule has 3 amide bonds. The summed E-state index contributed by atoms with van der Waals surface area (Å²) < 4.78 is 37.4. The third kappa shape index (κ3) is 5.76. The molecule has 0 saturated carbocycles. The van der Waals surface area contributed by atoms with E-state index in [1.165, 1.54) is 6.07 Å². The van der Waals surface area contributed by atoms with Crippen LogP contribution in [0.3, 0.4) is 0 Å². The molecule has 0 fully saturated rings. The van der Waals surface area contributed by atoms with Gasteiger partial charge in [-0.15, -0.1) is 0 Å². The van der Waals surface area contributed by atoms with Gasteiger partial charge in [0.15, 0.2) is 0 Å². The smallest absolute Gasteiger partial charge is 0.307 e. The SMILES string of the molecule is Cc1ccc(NC(=O)NC(=O)CSc2ccc(C(F)(F)F)cn2)c(C)c1. The van der Waals surface area contributed by atoms with Crippen molar-refractivity contribution in [2.75, 3.05) is 11.1 Å². The third-order valence-corrected chi connectivity index (χ3v) is 4.24. The standard InChI is InChI=1S/C17H16F3N3O2S/c1-10-3-5-13(11(2)7-10)22-16(25)23-14(24)9-26-15-6-4-12(8-21-15)17(18,19)20/h3-8H,9H2,1-2H3,(H2,22,23,24,25). The number of alkyl halides is 3. The van der Waals surface area contributed by atoms with Crippen LogP contribution in [0.4, 0.5) is 23.7 Å². The molecule has 1 heterocycles. The minimum Gasteiger partial charge on any atom is -0.307 e.